The summed E-state index contributed by atoms with van der Waals surface area (Å²) in [5.41, 5.74) is 1.91. The van der Waals surface area contributed by atoms with Gasteiger partial charge in [0, 0.05) is 31.5 Å². The van der Waals surface area contributed by atoms with E-state index in [1.54, 1.807) is 18.3 Å². The smallest absolute Gasteiger partial charge is 0.165 e. The van der Waals surface area contributed by atoms with Gasteiger partial charge >= 0.3 is 0 Å². The quantitative estimate of drug-likeness (QED) is 0.818. The second-order valence-corrected chi connectivity index (χ2v) is 4.90. The van der Waals surface area contributed by atoms with Crippen LogP contribution in [0.2, 0.25) is 0 Å². The summed E-state index contributed by atoms with van der Waals surface area (Å²) in [6, 6.07) is 4.80. The highest BCUT2D eigenvalue weighted by Crippen LogP contribution is 2.19. The number of benzene rings is 1. The monoisotopic (exact) mass is 293 g/mol. The zero-order chi connectivity index (χ0) is 15.2. The van der Waals surface area contributed by atoms with Gasteiger partial charge in [0.25, 0.3) is 0 Å². The first-order chi connectivity index (χ1) is 10.1. The summed E-state index contributed by atoms with van der Waals surface area (Å²) < 4.78 is 18.4. The molecule has 0 aliphatic heterocycles. The molecule has 2 aromatic rings. The first kappa shape index (κ1) is 15.5. The zero-order valence-corrected chi connectivity index (χ0v) is 12.3. The molecular formula is C15H20FN3O2. The first-order valence-corrected chi connectivity index (χ1v) is 6.78. The van der Waals surface area contributed by atoms with Gasteiger partial charge in [-0.05, 0) is 24.6 Å². The van der Waals surface area contributed by atoms with Gasteiger partial charge in [-0.3, -0.25) is 4.90 Å². The molecule has 0 aliphatic carbocycles. The van der Waals surface area contributed by atoms with E-state index in [1.165, 1.54) is 13.2 Å². The number of H-pyrrole nitrogens is 1. The standard InChI is InChI=1S/C15H20FN3O2/c1-11-17-8-13(18-11)10-19(5-6-20)9-12-3-4-14(16)15(7-12)21-2/h3-4,7-8,20H,5-6,9-10H2,1-2H3,(H,17,18). The molecule has 5 nitrogen and oxygen atoms in total. The van der Waals surface area contributed by atoms with Crippen LogP contribution >= 0.6 is 0 Å². The Kier molecular flexibility index (Phi) is 5.30. The molecule has 6 heteroatoms. The Hall–Kier alpha value is -1.92. The van der Waals surface area contributed by atoms with Crippen LogP contribution in [0.15, 0.2) is 24.4 Å². The van der Waals surface area contributed by atoms with Crippen LogP contribution in [0.1, 0.15) is 17.1 Å². The molecule has 0 atom stereocenters. The number of hydrogen-bond donors (Lipinski definition) is 2. The third-order valence-corrected chi connectivity index (χ3v) is 3.19. The zero-order valence-electron chi connectivity index (χ0n) is 12.3. The highest BCUT2D eigenvalue weighted by molar-refractivity contribution is 5.30. The second kappa shape index (κ2) is 7.19. The van der Waals surface area contributed by atoms with E-state index in [-0.39, 0.29) is 18.2 Å². The summed E-state index contributed by atoms with van der Waals surface area (Å²) in [6.45, 7) is 3.71. The molecule has 2 N–H and O–H groups in total. The number of imidazole rings is 1. The predicted molar refractivity (Wildman–Crippen MR) is 77.5 cm³/mol. The lowest BCUT2D eigenvalue weighted by molar-refractivity contribution is 0.183. The Bertz CT molecular complexity index is 586. The average molecular weight is 293 g/mol. The van der Waals surface area contributed by atoms with E-state index < -0.39 is 0 Å². The fraction of sp³-hybridized carbons (Fsp3) is 0.400. The van der Waals surface area contributed by atoms with Gasteiger partial charge < -0.3 is 14.8 Å². The van der Waals surface area contributed by atoms with Gasteiger partial charge in [-0.25, -0.2) is 9.37 Å². The number of methoxy groups -OCH3 is 1. The SMILES string of the molecule is COc1cc(CN(CCO)Cc2cnc(C)[nH]2)ccc1F. The lowest BCUT2D eigenvalue weighted by Gasteiger charge is -2.21. The first-order valence-electron chi connectivity index (χ1n) is 6.78. The number of aliphatic hydroxyl groups excluding tert-OH is 1. The number of aryl methyl sites for hydroxylation is 1. The second-order valence-electron chi connectivity index (χ2n) is 4.90. The topological polar surface area (TPSA) is 61.4 Å². The Balaban J connectivity index is 2.08. The van der Waals surface area contributed by atoms with Gasteiger partial charge in [-0.1, -0.05) is 6.07 Å². The lowest BCUT2D eigenvalue weighted by atomic mass is 10.2. The molecule has 21 heavy (non-hydrogen) atoms. The van der Waals surface area contributed by atoms with Crippen molar-refractivity contribution in [2.24, 2.45) is 0 Å². The van der Waals surface area contributed by atoms with Crippen LogP contribution in [0.4, 0.5) is 4.39 Å². The Labute approximate surface area is 123 Å². The van der Waals surface area contributed by atoms with Crippen molar-refractivity contribution in [3.05, 3.63) is 47.3 Å². The maximum Gasteiger partial charge on any atom is 0.165 e. The molecule has 0 spiro atoms. The predicted octanol–water partition coefficient (Wildman–Crippen LogP) is 1.86. The van der Waals surface area contributed by atoms with Gasteiger partial charge in [0.15, 0.2) is 11.6 Å². The molecule has 2 rings (SSSR count). The molecular weight excluding hydrogens is 273 g/mol. The van der Waals surface area contributed by atoms with E-state index in [0.717, 1.165) is 17.1 Å². The maximum absolute atomic E-state index is 13.4. The lowest BCUT2D eigenvalue weighted by Crippen LogP contribution is -2.26. The Morgan fingerprint density at radius 3 is 2.81 bits per heavy atom. The van der Waals surface area contributed by atoms with Crippen molar-refractivity contribution >= 4 is 0 Å². The average Bonchev–Trinajstić information content (AvgIpc) is 2.86. The third kappa shape index (κ3) is 4.27. The van der Waals surface area contributed by atoms with E-state index in [2.05, 4.69) is 14.9 Å². The summed E-state index contributed by atoms with van der Waals surface area (Å²) in [5, 5.41) is 9.19. The summed E-state index contributed by atoms with van der Waals surface area (Å²) in [6.07, 6.45) is 1.78. The van der Waals surface area contributed by atoms with Crippen molar-refractivity contribution in [3.8, 4) is 5.75 Å². The van der Waals surface area contributed by atoms with Crippen LogP contribution in [0.3, 0.4) is 0 Å². The normalized spacial score (nSPS) is 11.1. The van der Waals surface area contributed by atoms with Gasteiger partial charge in [0.1, 0.15) is 5.82 Å². The Morgan fingerprint density at radius 2 is 2.19 bits per heavy atom. The minimum Gasteiger partial charge on any atom is -0.494 e. The molecule has 114 valence electrons. The van der Waals surface area contributed by atoms with Crippen molar-refractivity contribution in [2.45, 2.75) is 20.0 Å². The number of aromatic amines is 1. The fourth-order valence-corrected chi connectivity index (χ4v) is 2.21. The number of ether oxygens (including phenoxy) is 1. The number of nitrogens with one attached hydrogen (secondary N) is 1. The molecule has 0 saturated heterocycles. The molecule has 0 saturated carbocycles. The summed E-state index contributed by atoms with van der Waals surface area (Å²) >= 11 is 0. The van der Waals surface area contributed by atoms with Crippen LogP contribution in [0.25, 0.3) is 0 Å². The highest BCUT2D eigenvalue weighted by atomic mass is 19.1. The minimum atomic E-state index is -0.376. The third-order valence-electron chi connectivity index (χ3n) is 3.19. The van der Waals surface area contributed by atoms with E-state index in [4.69, 9.17) is 4.74 Å². The van der Waals surface area contributed by atoms with Crippen molar-refractivity contribution in [3.63, 3.8) is 0 Å². The summed E-state index contributed by atoms with van der Waals surface area (Å²) in [5.74, 6) is 0.713. The molecule has 1 heterocycles. The van der Waals surface area contributed by atoms with Gasteiger partial charge in [-0.2, -0.15) is 0 Å². The summed E-state index contributed by atoms with van der Waals surface area (Å²) in [7, 11) is 1.45. The van der Waals surface area contributed by atoms with Crippen molar-refractivity contribution in [2.75, 3.05) is 20.3 Å². The summed E-state index contributed by atoms with van der Waals surface area (Å²) in [4.78, 5) is 9.38. The van der Waals surface area contributed by atoms with Gasteiger partial charge in [0.05, 0.1) is 13.7 Å². The number of aliphatic hydroxyl groups is 1. The minimum absolute atomic E-state index is 0.0610. The van der Waals surface area contributed by atoms with Crippen LogP contribution in [-0.4, -0.2) is 40.2 Å². The van der Waals surface area contributed by atoms with E-state index in [0.29, 0.717) is 19.6 Å². The molecule has 1 aromatic heterocycles. The van der Waals surface area contributed by atoms with Crippen LogP contribution in [0, 0.1) is 12.7 Å². The van der Waals surface area contributed by atoms with Crippen molar-refractivity contribution in [1.82, 2.24) is 14.9 Å². The van der Waals surface area contributed by atoms with Crippen LogP contribution < -0.4 is 4.74 Å². The molecule has 1 aromatic carbocycles. The van der Waals surface area contributed by atoms with E-state index in [9.17, 15) is 9.50 Å². The van der Waals surface area contributed by atoms with Crippen molar-refractivity contribution < 1.29 is 14.2 Å². The highest BCUT2D eigenvalue weighted by Gasteiger charge is 2.10. The number of nitrogens with zero attached hydrogens (tertiary/aromatic N) is 2. The van der Waals surface area contributed by atoms with Crippen molar-refractivity contribution in [1.29, 1.82) is 0 Å². The van der Waals surface area contributed by atoms with E-state index in [1.807, 2.05) is 6.92 Å². The molecule has 0 unspecified atom stereocenters. The maximum atomic E-state index is 13.4. The molecule has 0 fully saturated rings. The number of halogens is 1. The Morgan fingerprint density at radius 1 is 1.38 bits per heavy atom. The molecule has 0 bridgehead atoms. The van der Waals surface area contributed by atoms with Crippen LogP contribution in [0.5, 0.6) is 5.75 Å². The van der Waals surface area contributed by atoms with E-state index >= 15 is 0 Å². The number of rotatable bonds is 7. The van der Waals surface area contributed by atoms with Crippen LogP contribution in [-0.2, 0) is 13.1 Å². The molecule has 0 amide bonds. The fourth-order valence-electron chi connectivity index (χ4n) is 2.21. The number of hydrogen-bond acceptors (Lipinski definition) is 4. The molecule has 0 aliphatic rings. The molecule has 0 radical (unpaired) electrons. The number of aromatic nitrogens is 2. The van der Waals surface area contributed by atoms with Gasteiger partial charge in [-0.15, -0.1) is 0 Å². The largest absolute Gasteiger partial charge is 0.494 e. The van der Waals surface area contributed by atoms with Gasteiger partial charge in [0.2, 0.25) is 0 Å².